The molecule has 0 amide bonds. The monoisotopic (exact) mass is 313 g/mol. The number of hydrogen-bond acceptors (Lipinski definition) is 5. The van der Waals surface area contributed by atoms with E-state index in [4.69, 9.17) is 9.72 Å². The maximum absolute atomic E-state index is 5.13. The van der Waals surface area contributed by atoms with Crippen molar-refractivity contribution in [3.05, 3.63) is 29.1 Å². The van der Waals surface area contributed by atoms with Crippen LogP contribution in [-0.2, 0) is 11.2 Å². The smallest absolute Gasteiger partial charge is 0.184 e. The summed E-state index contributed by atoms with van der Waals surface area (Å²) in [6, 6.07) is 4.15. The summed E-state index contributed by atoms with van der Waals surface area (Å²) < 4.78 is 6.99. The lowest BCUT2D eigenvalue weighted by molar-refractivity contribution is 0.210. The van der Waals surface area contributed by atoms with Crippen molar-refractivity contribution in [1.29, 1.82) is 0 Å². The molecule has 0 aromatic carbocycles. The van der Waals surface area contributed by atoms with Gasteiger partial charge in [0.15, 0.2) is 11.3 Å². The zero-order valence-electron chi connectivity index (χ0n) is 14.2. The van der Waals surface area contributed by atoms with Crippen LogP contribution >= 0.6 is 0 Å². The molecule has 0 fully saturated rings. The summed E-state index contributed by atoms with van der Waals surface area (Å²) >= 11 is 0. The molecule has 23 heavy (non-hydrogen) atoms. The Morgan fingerprint density at radius 2 is 2.04 bits per heavy atom. The van der Waals surface area contributed by atoms with Crippen molar-refractivity contribution >= 4 is 22.5 Å². The van der Waals surface area contributed by atoms with Gasteiger partial charge < -0.3 is 10.1 Å². The second-order valence-corrected chi connectivity index (χ2v) is 5.82. The predicted molar refractivity (Wildman–Crippen MR) is 92.1 cm³/mol. The van der Waals surface area contributed by atoms with Gasteiger partial charge in [-0.1, -0.05) is 13.3 Å². The van der Waals surface area contributed by atoms with Crippen LogP contribution in [0, 0.1) is 13.8 Å². The number of methoxy groups -OCH3 is 1. The van der Waals surface area contributed by atoms with Crippen LogP contribution in [0.2, 0.25) is 0 Å². The minimum Gasteiger partial charge on any atom is -0.383 e. The van der Waals surface area contributed by atoms with Gasteiger partial charge in [0.2, 0.25) is 0 Å². The van der Waals surface area contributed by atoms with Gasteiger partial charge in [0, 0.05) is 31.1 Å². The second kappa shape index (κ2) is 6.50. The standard InChI is InChI=1S/C17H23N5O/c1-5-6-13-10-14(18-7-8-23-4)22-17(20-13)15-11(2)9-12(3)19-16(15)21-22/h9-10,18H,5-8H2,1-4H3. The van der Waals surface area contributed by atoms with Crippen molar-refractivity contribution in [3.63, 3.8) is 0 Å². The van der Waals surface area contributed by atoms with Crippen molar-refractivity contribution in [2.24, 2.45) is 0 Å². The maximum Gasteiger partial charge on any atom is 0.184 e. The van der Waals surface area contributed by atoms with Crippen LogP contribution in [0.15, 0.2) is 12.1 Å². The summed E-state index contributed by atoms with van der Waals surface area (Å²) in [7, 11) is 1.70. The molecule has 1 N–H and O–H groups in total. The summed E-state index contributed by atoms with van der Waals surface area (Å²) in [5.74, 6) is 0.936. The Morgan fingerprint density at radius 1 is 1.22 bits per heavy atom. The molecule has 6 nitrogen and oxygen atoms in total. The van der Waals surface area contributed by atoms with Gasteiger partial charge in [0.25, 0.3) is 0 Å². The molecule has 0 aliphatic rings. The Kier molecular flexibility index (Phi) is 4.43. The molecule has 122 valence electrons. The molecule has 0 aliphatic heterocycles. The van der Waals surface area contributed by atoms with Gasteiger partial charge >= 0.3 is 0 Å². The zero-order valence-corrected chi connectivity index (χ0v) is 14.2. The number of aromatic nitrogens is 4. The summed E-state index contributed by atoms with van der Waals surface area (Å²) in [4.78, 5) is 9.38. The Bertz CT molecular complexity index is 840. The van der Waals surface area contributed by atoms with Crippen molar-refractivity contribution in [3.8, 4) is 0 Å². The molecule has 6 heteroatoms. The number of fused-ring (bicyclic) bond motifs is 3. The topological polar surface area (TPSA) is 64.3 Å². The van der Waals surface area contributed by atoms with Crippen molar-refractivity contribution < 1.29 is 4.74 Å². The lowest BCUT2D eigenvalue weighted by Gasteiger charge is -2.10. The third-order valence-corrected chi connectivity index (χ3v) is 3.84. The molecule has 3 aromatic heterocycles. The molecule has 0 bridgehead atoms. The van der Waals surface area contributed by atoms with Crippen LogP contribution in [0.25, 0.3) is 16.7 Å². The largest absolute Gasteiger partial charge is 0.383 e. The van der Waals surface area contributed by atoms with Gasteiger partial charge in [-0.2, -0.15) is 4.52 Å². The lowest BCUT2D eigenvalue weighted by Crippen LogP contribution is -2.12. The minimum atomic E-state index is 0.643. The van der Waals surface area contributed by atoms with Crippen LogP contribution in [0.5, 0.6) is 0 Å². The van der Waals surface area contributed by atoms with E-state index in [9.17, 15) is 0 Å². The van der Waals surface area contributed by atoms with Crippen molar-refractivity contribution in [1.82, 2.24) is 19.6 Å². The van der Waals surface area contributed by atoms with E-state index in [0.717, 1.165) is 58.8 Å². The lowest BCUT2D eigenvalue weighted by atomic mass is 10.2. The van der Waals surface area contributed by atoms with Crippen LogP contribution in [0.1, 0.15) is 30.3 Å². The van der Waals surface area contributed by atoms with E-state index in [1.165, 1.54) is 0 Å². The molecule has 0 saturated heterocycles. The van der Waals surface area contributed by atoms with Crippen LogP contribution < -0.4 is 5.32 Å². The fourth-order valence-corrected chi connectivity index (χ4v) is 2.86. The number of anilines is 1. The first-order chi connectivity index (χ1) is 11.1. The van der Waals surface area contributed by atoms with Gasteiger partial charge in [0.1, 0.15) is 5.82 Å². The molecular formula is C17H23N5O. The molecule has 3 heterocycles. The van der Waals surface area contributed by atoms with E-state index in [1.54, 1.807) is 7.11 Å². The number of aryl methyl sites for hydroxylation is 3. The molecule has 0 atom stereocenters. The third kappa shape index (κ3) is 2.99. The zero-order chi connectivity index (χ0) is 16.4. The van der Waals surface area contributed by atoms with Gasteiger partial charge in [-0.3, -0.25) is 0 Å². The molecule has 3 rings (SSSR count). The second-order valence-electron chi connectivity index (χ2n) is 5.82. The van der Waals surface area contributed by atoms with Gasteiger partial charge in [-0.05, 0) is 31.9 Å². The minimum absolute atomic E-state index is 0.643. The number of nitrogens with one attached hydrogen (secondary N) is 1. The Labute approximate surface area is 135 Å². The molecule has 0 spiro atoms. The molecule has 0 aliphatic carbocycles. The summed E-state index contributed by atoms with van der Waals surface area (Å²) in [5, 5.41) is 9.08. The number of nitrogens with zero attached hydrogens (tertiary/aromatic N) is 4. The fourth-order valence-electron chi connectivity index (χ4n) is 2.86. The van der Waals surface area contributed by atoms with Crippen LogP contribution in [0.4, 0.5) is 5.82 Å². The first-order valence-corrected chi connectivity index (χ1v) is 8.03. The average Bonchev–Trinajstić information content (AvgIpc) is 2.86. The van der Waals surface area contributed by atoms with E-state index in [-0.39, 0.29) is 0 Å². The van der Waals surface area contributed by atoms with E-state index in [2.05, 4.69) is 41.4 Å². The summed E-state index contributed by atoms with van der Waals surface area (Å²) in [6.07, 6.45) is 2.00. The number of rotatable bonds is 6. The average molecular weight is 313 g/mol. The van der Waals surface area contributed by atoms with E-state index in [0.29, 0.717) is 6.61 Å². The van der Waals surface area contributed by atoms with Gasteiger partial charge in [-0.15, -0.1) is 5.10 Å². The van der Waals surface area contributed by atoms with Crippen LogP contribution in [-0.4, -0.2) is 39.8 Å². The Balaban J connectivity index is 2.21. The Hall–Kier alpha value is -2.21. The van der Waals surface area contributed by atoms with Crippen LogP contribution in [0.3, 0.4) is 0 Å². The maximum atomic E-state index is 5.13. The molecule has 0 saturated carbocycles. The first kappa shape index (κ1) is 15.7. The van der Waals surface area contributed by atoms with E-state index in [1.807, 2.05) is 11.4 Å². The SMILES string of the molecule is CCCc1cc(NCCOC)n2nc3nc(C)cc(C)c3c2n1. The number of hydrogen-bond donors (Lipinski definition) is 1. The van der Waals surface area contributed by atoms with E-state index < -0.39 is 0 Å². The van der Waals surface area contributed by atoms with E-state index >= 15 is 0 Å². The van der Waals surface area contributed by atoms with Gasteiger partial charge in [0.05, 0.1) is 12.0 Å². The van der Waals surface area contributed by atoms with Crippen molar-refractivity contribution in [2.45, 2.75) is 33.6 Å². The summed E-state index contributed by atoms with van der Waals surface area (Å²) in [6.45, 7) is 7.61. The van der Waals surface area contributed by atoms with Crippen molar-refractivity contribution in [2.75, 3.05) is 25.6 Å². The van der Waals surface area contributed by atoms with Gasteiger partial charge in [-0.25, -0.2) is 9.97 Å². The fraction of sp³-hybridized carbons (Fsp3) is 0.471. The molecule has 0 radical (unpaired) electrons. The summed E-state index contributed by atoms with van der Waals surface area (Å²) in [5.41, 5.74) is 4.82. The third-order valence-electron chi connectivity index (χ3n) is 3.84. The molecular weight excluding hydrogens is 290 g/mol. The highest BCUT2D eigenvalue weighted by atomic mass is 16.5. The number of ether oxygens (including phenoxy) is 1. The highest BCUT2D eigenvalue weighted by molar-refractivity contribution is 5.93. The predicted octanol–water partition coefficient (Wildman–Crippen LogP) is 2.91. The Morgan fingerprint density at radius 3 is 2.78 bits per heavy atom. The highest BCUT2D eigenvalue weighted by Crippen LogP contribution is 2.25. The molecule has 3 aromatic rings. The first-order valence-electron chi connectivity index (χ1n) is 8.03. The number of pyridine rings is 1. The normalized spacial score (nSPS) is 11.5. The molecule has 0 unspecified atom stereocenters. The highest BCUT2D eigenvalue weighted by Gasteiger charge is 2.15. The quantitative estimate of drug-likeness (QED) is 0.709.